The van der Waals surface area contributed by atoms with Crippen LogP contribution in [0.4, 0.5) is 5.69 Å². The second-order valence-electron chi connectivity index (χ2n) is 2.61. The zero-order chi connectivity index (χ0) is 9.52. The van der Waals surface area contributed by atoms with E-state index in [-0.39, 0.29) is 0 Å². The van der Waals surface area contributed by atoms with E-state index < -0.39 is 0 Å². The normalized spacial score (nSPS) is 12.0. The smallest absolute Gasteiger partial charge is 0.0579 e. The fourth-order valence-electron chi connectivity index (χ4n) is 0.732. The van der Waals surface area contributed by atoms with Gasteiger partial charge in [-0.1, -0.05) is 29.5 Å². The summed E-state index contributed by atoms with van der Waals surface area (Å²) >= 11 is 0. The van der Waals surface area contributed by atoms with E-state index in [1.807, 2.05) is 50.3 Å². The third-order valence-corrected chi connectivity index (χ3v) is 1.58. The predicted molar refractivity (Wildman–Crippen MR) is 54.4 cm³/mol. The second-order valence-corrected chi connectivity index (χ2v) is 2.61. The topological polar surface area (TPSA) is 36.8 Å². The minimum atomic E-state index is 0.892. The Hall–Kier alpha value is -1.64. The van der Waals surface area contributed by atoms with Crippen molar-refractivity contribution < 1.29 is 0 Å². The fourth-order valence-corrected chi connectivity index (χ4v) is 0.732. The molecule has 0 radical (unpaired) electrons. The molecule has 1 aromatic carbocycles. The number of anilines is 1. The van der Waals surface area contributed by atoms with Crippen molar-refractivity contribution >= 4 is 5.69 Å². The van der Waals surface area contributed by atoms with E-state index in [0.717, 1.165) is 11.4 Å². The van der Waals surface area contributed by atoms with E-state index in [1.165, 1.54) is 0 Å². The standard InChI is InChI=1S/C10H13N3/c1-3-9(2)11-13-12-10-7-5-4-6-8-10/h3-8H,1-2H3,(H,11,12). The maximum absolute atomic E-state index is 3.91. The lowest BCUT2D eigenvalue weighted by Crippen LogP contribution is -1.84. The Bertz CT molecular complexity index is 301. The van der Waals surface area contributed by atoms with Crippen molar-refractivity contribution in [2.75, 3.05) is 5.43 Å². The molecule has 3 nitrogen and oxygen atoms in total. The molecule has 0 saturated carbocycles. The van der Waals surface area contributed by atoms with Crippen molar-refractivity contribution in [1.29, 1.82) is 0 Å². The van der Waals surface area contributed by atoms with Gasteiger partial charge >= 0.3 is 0 Å². The molecular weight excluding hydrogens is 162 g/mol. The largest absolute Gasteiger partial charge is 0.260 e. The van der Waals surface area contributed by atoms with Gasteiger partial charge in [-0.05, 0) is 26.0 Å². The highest BCUT2D eigenvalue weighted by Crippen LogP contribution is 2.05. The van der Waals surface area contributed by atoms with Crippen LogP contribution in [0.15, 0.2) is 52.4 Å². The molecule has 1 aromatic rings. The Labute approximate surface area is 78.2 Å². The van der Waals surface area contributed by atoms with Crippen LogP contribution in [0.25, 0.3) is 0 Å². The van der Waals surface area contributed by atoms with Gasteiger partial charge in [-0.15, -0.1) is 5.11 Å². The van der Waals surface area contributed by atoms with Crippen LogP contribution in [0.2, 0.25) is 0 Å². The first kappa shape index (κ1) is 9.45. The van der Waals surface area contributed by atoms with Crippen molar-refractivity contribution in [2.45, 2.75) is 13.8 Å². The van der Waals surface area contributed by atoms with E-state index in [0.29, 0.717) is 0 Å². The van der Waals surface area contributed by atoms with E-state index in [2.05, 4.69) is 15.8 Å². The van der Waals surface area contributed by atoms with Crippen LogP contribution in [-0.2, 0) is 0 Å². The number of hydrogen-bond donors (Lipinski definition) is 1. The zero-order valence-corrected chi connectivity index (χ0v) is 7.86. The van der Waals surface area contributed by atoms with Gasteiger partial charge in [-0.2, -0.15) is 0 Å². The van der Waals surface area contributed by atoms with Crippen molar-refractivity contribution in [1.82, 2.24) is 0 Å². The van der Waals surface area contributed by atoms with Gasteiger partial charge in [0.05, 0.1) is 11.4 Å². The Morgan fingerprint density at radius 1 is 1.31 bits per heavy atom. The van der Waals surface area contributed by atoms with Gasteiger partial charge in [-0.25, -0.2) is 0 Å². The van der Waals surface area contributed by atoms with Crippen LogP contribution >= 0.6 is 0 Å². The fraction of sp³-hybridized carbons (Fsp3) is 0.200. The number of nitrogens with one attached hydrogen (secondary N) is 1. The first-order valence-corrected chi connectivity index (χ1v) is 4.17. The van der Waals surface area contributed by atoms with Gasteiger partial charge in [0.25, 0.3) is 0 Å². The molecule has 0 bridgehead atoms. The molecule has 0 atom stereocenters. The quantitative estimate of drug-likeness (QED) is 0.554. The maximum atomic E-state index is 3.91. The zero-order valence-electron chi connectivity index (χ0n) is 7.86. The molecule has 0 saturated heterocycles. The first-order valence-electron chi connectivity index (χ1n) is 4.17. The van der Waals surface area contributed by atoms with E-state index in [4.69, 9.17) is 0 Å². The summed E-state index contributed by atoms with van der Waals surface area (Å²) in [5, 5.41) is 7.73. The first-order chi connectivity index (χ1) is 6.33. The molecule has 0 unspecified atom stereocenters. The molecule has 1 rings (SSSR count). The van der Waals surface area contributed by atoms with Gasteiger partial charge in [0.1, 0.15) is 0 Å². The van der Waals surface area contributed by atoms with Crippen molar-refractivity contribution in [2.24, 2.45) is 10.3 Å². The summed E-state index contributed by atoms with van der Waals surface area (Å²) in [5.41, 5.74) is 4.66. The molecular formula is C10H13N3. The molecule has 13 heavy (non-hydrogen) atoms. The molecule has 0 spiro atoms. The summed E-state index contributed by atoms with van der Waals surface area (Å²) in [6.45, 7) is 3.83. The minimum Gasteiger partial charge on any atom is -0.260 e. The number of para-hydroxylation sites is 1. The SMILES string of the molecule is CC=C(C)N=NNc1ccccc1. The van der Waals surface area contributed by atoms with Crippen molar-refractivity contribution in [3.63, 3.8) is 0 Å². The molecule has 0 aliphatic heterocycles. The lowest BCUT2D eigenvalue weighted by Gasteiger charge is -1.96. The second kappa shape index (κ2) is 5.09. The molecule has 1 N–H and O–H groups in total. The van der Waals surface area contributed by atoms with Gasteiger partial charge in [-0.3, -0.25) is 5.43 Å². The summed E-state index contributed by atoms with van der Waals surface area (Å²) < 4.78 is 0. The lowest BCUT2D eigenvalue weighted by atomic mass is 10.3. The average Bonchev–Trinajstić information content (AvgIpc) is 2.19. The van der Waals surface area contributed by atoms with Crippen LogP contribution in [0, 0.1) is 0 Å². The summed E-state index contributed by atoms with van der Waals surface area (Å²) in [5.74, 6) is 0. The van der Waals surface area contributed by atoms with Crippen LogP contribution in [0.1, 0.15) is 13.8 Å². The van der Waals surface area contributed by atoms with Crippen LogP contribution in [-0.4, -0.2) is 0 Å². The highest BCUT2D eigenvalue weighted by Gasteiger charge is 1.84. The molecule has 3 heteroatoms. The number of nitrogens with zero attached hydrogens (tertiary/aromatic N) is 2. The Balaban J connectivity index is 2.48. The molecule has 0 amide bonds. The van der Waals surface area contributed by atoms with Gasteiger partial charge in [0.2, 0.25) is 0 Å². The summed E-state index contributed by atoms with van der Waals surface area (Å²) in [4.78, 5) is 0. The third-order valence-electron chi connectivity index (χ3n) is 1.58. The van der Waals surface area contributed by atoms with Crippen LogP contribution in [0.3, 0.4) is 0 Å². The monoisotopic (exact) mass is 175 g/mol. The van der Waals surface area contributed by atoms with Crippen molar-refractivity contribution in [3.8, 4) is 0 Å². The molecule has 0 aliphatic rings. The molecule has 0 aromatic heterocycles. The minimum absolute atomic E-state index is 0.892. The Morgan fingerprint density at radius 2 is 2.00 bits per heavy atom. The average molecular weight is 175 g/mol. The maximum Gasteiger partial charge on any atom is 0.0579 e. The third kappa shape index (κ3) is 3.51. The molecule has 0 fully saturated rings. The van der Waals surface area contributed by atoms with Crippen molar-refractivity contribution in [3.05, 3.63) is 42.1 Å². The Kier molecular flexibility index (Phi) is 3.70. The summed E-state index contributed by atoms with van der Waals surface area (Å²) in [6, 6.07) is 9.72. The summed E-state index contributed by atoms with van der Waals surface area (Å²) in [7, 11) is 0. The number of benzene rings is 1. The predicted octanol–water partition coefficient (Wildman–Crippen LogP) is 3.39. The lowest BCUT2D eigenvalue weighted by molar-refractivity contribution is 1.06. The van der Waals surface area contributed by atoms with E-state index in [9.17, 15) is 0 Å². The van der Waals surface area contributed by atoms with Gasteiger partial charge in [0.15, 0.2) is 0 Å². The highest BCUT2D eigenvalue weighted by atomic mass is 15.4. The highest BCUT2D eigenvalue weighted by molar-refractivity contribution is 5.41. The van der Waals surface area contributed by atoms with Crippen LogP contribution < -0.4 is 5.43 Å². The van der Waals surface area contributed by atoms with E-state index >= 15 is 0 Å². The Morgan fingerprint density at radius 3 is 2.62 bits per heavy atom. The molecule has 0 heterocycles. The summed E-state index contributed by atoms with van der Waals surface area (Å²) in [6.07, 6.45) is 1.90. The van der Waals surface area contributed by atoms with Gasteiger partial charge < -0.3 is 0 Å². The number of allylic oxidation sites excluding steroid dienone is 2. The molecule has 0 aliphatic carbocycles. The number of hydrogen-bond acceptors (Lipinski definition) is 2. The molecule has 68 valence electrons. The number of rotatable bonds is 3. The van der Waals surface area contributed by atoms with Crippen LogP contribution in [0.5, 0.6) is 0 Å². The van der Waals surface area contributed by atoms with E-state index in [1.54, 1.807) is 0 Å². The van der Waals surface area contributed by atoms with Gasteiger partial charge in [0, 0.05) is 0 Å².